The maximum Gasteiger partial charge on any atom is 0.222 e. The average molecular weight is 257 g/mol. The van der Waals surface area contributed by atoms with Crippen LogP contribution in [0, 0.1) is 16.0 Å². The van der Waals surface area contributed by atoms with E-state index in [2.05, 4.69) is 0 Å². The molecule has 1 rings (SSSR count). The molecule has 5 heteroatoms. The van der Waals surface area contributed by atoms with E-state index in [9.17, 15) is 20.0 Å². The zero-order chi connectivity index (χ0) is 14.0. The summed E-state index contributed by atoms with van der Waals surface area (Å²) in [5.41, 5.74) is -2.08. The fourth-order valence-electron chi connectivity index (χ4n) is 2.99. The summed E-state index contributed by atoms with van der Waals surface area (Å²) in [4.78, 5) is 23.0. The predicted octanol–water partition coefficient (Wildman–Crippen LogP) is 2.33. The molecule has 0 unspecified atom stereocenters. The van der Waals surface area contributed by atoms with Gasteiger partial charge in [0.1, 0.15) is 5.78 Å². The van der Waals surface area contributed by atoms with Crippen LogP contribution in [-0.4, -0.2) is 27.0 Å². The Morgan fingerprint density at radius 2 is 1.94 bits per heavy atom. The number of hydrogen-bond donors (Lipinski definition) is 1. The van der Waals surface area contributed by atoms with E-state index in [0.29, 0.717) is 32.1 Å². The number of nitrogens with zero attached hydrogens (tertiary/aromatic N) is 1. The molecule has 1 N–H and O–H groups in total. The van der Waals surface area contributed by atoms with Crippen LogP contribution in [0.4, 0.5) is 0 Å². The summed E-state index contributed by atoms with van der Waals surface area (Å²) in [7, 11) is 0. The Kier molecular flexibility index (Phi) is 4.48. The first-order valence-corrected chi connectivity index (χ1v) is 6.74. The minimum Gasteiger partial charge on any atom is -0.389 e. The summed E-state index contributed by atoms with van der Waals surface area (Å²) in [6, 6.07) is 0. The lowest BCUT2D eigenvalue weighted by atomic mass is 9.64. The smallest absolute Gasteiger partial charge is 0.222 e. The van der Waals surface area contributed by atoms with Gasteiger partial charge in [0, 0.05) is 30.6 Å². The zero-order valence-corrected chi connectivity index (χ0v) is 11.4. The van der Waals surface area contributed by atoms with Gasteiger partial charge in [-0.3, -0.25) is 14.9 Å². The maximum absolute atomic E-state index is 12.0. The van der Waals surface area contributed by atoms with Gasteiger partial charge in [-0.1, -0.05) is 20.8 Å². The van der Waals surface area contributed by atoms with Crippen molar-refractivity contribution >= 4 is 5.78 Å². The standard InChI is InChI=1S/C13H23NO4/c1-4-11(15)10-9-12(5-2,14(17)18)7-8-13(10,16)6-3/h10,16H,4-9H2,1-3H3/t10-,12-,13-/m1/s1. The molecule has 1 fully saturated rings. The number of Topliss-reactive ketones (excluding diaryl/α,β-unsaturated/α-hetero) is 1. The van der Waals surface area contributed by atoms with E-state index >= 15 is 0 Å². The molecule has 0 aromatic carbocycles. The maximum atomic E-state index is 12.0. The predicted molar refractivity (Wildman–Crippen MR) is 67.9 cm³/mol. The molecule has 1 aliphatic rings. The highest BCUT2D eigenvalue weighted by Crippen LogP contribution is 2.44. The van der Waals surface area contributed by atoms with Gasteiger partial charge in [-0.05, 0) is 12.8 Å². The minimum atomic E-state index is -1.05. The average Bonchev–Trinajstić information content (AvgIpc) is 2.38. The molecule has 1 aliphatic carbocycles. The van der Waals surface area contributed by atoms with E-state index in [1.165, 1.54) is 0 Å². The van der Waals surface area contributed by atoms with Gasteiger partial charge < -0.3 is 5.11 Å². The van der Waals surface area contributed by atoms with Crippen LogP contribution in [0.1, 0.15) is 59.3 Å². The van der Waals surface area contributed by atoms with Gasteiger partial charge in [0.05, 0.1) is 11.5 Å². The quantitative estimate of drug-likeness (QED) is 0.605. The molecule has 0 spiro atoms. The Morgan fingerprint density at radius 1 is 1.33 bits per heavy atom. The first-order chi connectivity index (χ1) is 8.35. The SMILES string of the molecule is CCC(=O)[C@H]1C[C@](CC)([N+](=O)[O-])CC[C@]1(O)CC. The Balaban J connectivity index is 3.06. The van der Waals surface area contributed by atoms with Crippen molar-refractivity contribution in [2.24, 2.45) is 5.92 Å². The fourth-order valence-corrected chi connectivity index (χ4v) is 2.99. The number of carbonyl (C=O) groups excluding carboxylic acids is 1. The molecule has 0 bridgehead atoms. The second kappa shape index (κ2) is 5.34. The molecule has 5 nitrogen and oxygen atoms in total. The highest BCUT2D eigenvalue weighted by Gasteiger charge is 2.55. The minimum absolute atomic E-state index is 0.0567. The van der Waals surface area contributed by atoms with E-state index in [4.69, 9.17) is 0 Å². The van der Waals surface area contributed by atoms with Crippen molar-refractivity contribution in [2.45, 2.75) is 70.4 Å². The van der Waals surface area contributed by atoms with Crippen LogP contribution in [-0.2, 0) is 4.79 Å². The first kappa shape index (κ1) is 15.1. The van der Waals surface area contributed by atoms with Crippen molar-refractivity contribution < 1.29 is 14.8 Å². The van der Waals surface area contributed by atoms with E-state index in [1.54, 1.807) is 13.8 Å². The first-order valence-electron chi connectivity index (χ1n) is 6.74. The number of nitro groups is 1. The third-order valence-corrected chi connectivity index (χ3v) is 4.65. The van der Waals surface area contributed by atoms with Crippen molar-refractivity contribution in [2.75, 3.05) is 0 Å². The van der Waals surface area contributed by atoms with Crippen LogP contribution in [0.5, 0.6) is 0 Å². The largest absolute Gasteiger partial charge is 0.389 e. The molecule has 0 heterocycles. The van der Waals surface area contributed by atoms with E-state index in [-0.39, 0.29) is 17.1 Å². The summed E-state index contributed by atoms with van der Waals surface area (Å²) in [5, 5.41) is 21.8. The second-order valence-corrected chi connectivity index (χ2v) is 5.37. The third kappa shape index (κ3) is 2.41. The normalized spacial score (nSPS) is 36.3. The van der Waals surface area contributed by atoms with Gasteiger partial charge in [-0.25, -0.2) is 0 Å². The number of rotatable bonds is 5. The summed E-state index contributed by atoms with van der Waals surface area (Å²) in [5.74, 6) is -0.648. The number of ketones is 1. The van der Waals surface area contributed by atoms with Crippen LogP contribution in [0.2, 0.25) is 0 Å². The topological polar surface area (TPSA) is 80.4 Å². The Bertz CT molecular complexity index is 344. The molecule has 0 aliphatic heterocycles. The van der Waals surface area contributed by atoms with Crippen LogP contribution in [0.15, 0.2) is 0 Å². The van der Waals surface area contributed by atoms with Crippen molar-refractivity contribution in [3.05, 3.63) is 10.1 Å². The van der Waals surface area contributed by atoms with Crippen molar-refractivity contribution in [1.82, 2.24) is 0 Å². The molecule has 0 aromatic rings. The van der Waals surface area contributed by atoms with Crippen molar-refractivity contribution in [3.63, 3.8) is 0 Å². The molecule has 104 valence electrons. The Morgan fingerprint density at radius 3 is 2.33 bits per heavy atom. The van der Waals surface area contributed by atoms with E-state index in [0.717, 1.165) is 0 Å². The van der Waals surface area contributed by atoms with Crippen LogP contribution in [0.25, 0.3) is 0 Å². The Hall–Kier alpha value is -0.970. The summed E-state index contributed by atoms with van der Waals surface area (Å²) >= 11 is 0. The highest BCUT2D eigenvalue weighted by atomic mass is 16.6. The van der Waals surface area contributed by atoms with E-state index < -0.39 is 17.1 Å². The fraction of sp³-hybridized carbons (Fsp3) is 0.923. The lowest BCUT2D eigenvalue weighted by Crippen LogP contribution is -2.54. The lowest BCUT2D eigenvalue weighted by molar-refractivity contribution is -0.579. The number of carbonyl (C=O) groups is 1. The number of hydrogen-bond acceptors (Lipinski definition) is 4. The lowest BCUT2D eigenvalue weighted by Gasteiger charge is -2.43. The van der Waals surface area contributed by atoms with Gasteiger partial charge in [0.2, 0.25) is 5.54 Å². The molecule has 0 saturated heterocycles. The Labute approximate surface area is 108 Å². The summed E-state index contributed by atoms with van der Waals surface area (Å²) in [6.45, 7) is 5.36. The molecule has 0 aromatic heterocycles. The molecule has 18 heavy (non-hydrogen) atoms. The monoisotopic (exact) mass is 257 g/mol. The van der Waals surface area contributed by atoms with Crippen molar-refractivity contribution in [1.29, 1.82) is 0 Å². The van der Waals surface area contributed by atoms with Crippen LogP contribution >= 0.6 is 0 Å². The second-order valence-electron chi connectivity index (χ2n) is 5.37. The van der Waals surface area contributed by atoms with E-state index in [1.807, 2.05) is 6.92 Å². The molecule has 3 atom stereocenters. The van der Waals surface area contributed by atoms with Gasteiger partial charge in [0.25, 0.3) is 0 Å². The van der Waals surface area contributed by atoms with Gasteiger partial charge in [-0.2, -0.15) is 0 Å². The summed E-state index contributed by atoms with van der Waals surface area (Å²) in [6.07, 6.45) is 2.08. The number of aliphatic hydroxyl groups is 1. The van der Waals surface area contributed by atoms with Crippen LogP contribution < -0.4 is 0 Å². The molecular formula is C13H23NO4. The third-order valence-electron chi connectivity index (χ3n) is 4.65. The molecule has 0 amide bonds. The van der Waals surface area contributed by atoms with Gasteiger partial charge >= 0.3 is 0 Å². The van der Waals surface area contributed by atoms with Crippen LogP contribution in [0.3, 0.4) is 0 Å². The molecule has 1 saturated carbocycles. The summed E-state index contributed by atoms with van der Waals surface area (Å²) < 4.78 is 0. The van der Waals surface area contributed by atoms with Gasteiger partial charge in [-0.15, -0.1) is 0 Å². The highest BCUT2D eigenvalue weighted by molar-refractivity contribution is 5.82. The van der Waals surface area contributed by atoms with Crippen molar-refractivity contribution in [3.8, 4) is 0 Å². The molecule has 0 radical (unpaired) electrons. The van der Waals surface area contributed by atoms with Gasteiger partial charge in [0.15, 0.2) is 0 Å². The molecular weight excluding hydrogens is 234 g/mol. The zero-order valence-electron chi connectivity index (χ0n) is 11.4.